The largest absolute Gasteiger partial charge is 0.481 e. The average molecular weight is 267 g/mol. The number of rotatable bonds is 4. The van der Waals surface area contributed by atoms with Crippen molar-refractivity contribution in [3.8, 4) is 0 Å². The van der Waals surface area contributed by atoms with Crippen LogP contribution in [0, 0.1) is 5.41 Å². The van der Waals surface area contributed by atoms with Crippen LogP contribution in [0.3, 0.4) is 0 Å². The molecule has 0 aliphatic heterocycles. The van der Waals surface area contributed by atoms with Gasteiger partial charge in [-0.25, -0.2) is 0 Å². The van der Waals surface area contributed by atoms with Crippen molar-refractivity contribution in [2.45, 2.75) is 44.9 Å². The summed E-state index contributed by atoms with van der Waals surface area (Å²) in [4.78, 5) is 11.5. The van der Waals surface area contributed by atoms with Crippen molar-refractivity contribution in [3.63, 3.8) is 0 Å². The summed E-state index contributed by atoms with van der Waals surface area (Å²) < 4.78 is 0. The van der Waals surface area contributed by atoms with E-state index in [4.69, 9.17) is 11.6 Å². The van der Waals surface area contributed by atoms with Crippen LogP contribution >= 0.6 is 11.6 Å². The molecule has 2 unspecified atom stereocenters. The normalized spacial score (nSPS) is 27.3. The summed E-state index contributed by atoms with van der Waals surface area (Å²) in [6.45, 7) is 2.06. The fourth-order valence-electron chi connectivity index (χ4n) is 3.15. The predicted octanol–water partition coefficient (Wildman–Crippen LogP) is 4.48. The molecular formula is C15H19ClO2. The molecule has 1 N–H and O–H groups in total. The van der Waals surface area contributed by atoms with Crippen molar-refractivity contribution in [2.24, 2.45) is 5.41 Å². The summed E-state index contributed by atoms with van der Waals surface area (Å²) in [6, 6.07) is 7.82. The Hall–Kier alpha value is -1.02. The maximum Gasteiger partial charge on any atom is 0.309 e. The van der Waals surface area contributed by atoms with E-state index >= 15 is 0 Å². The Labute approximate surface area is 113 Å². The second-order valence-corrected chi connectivity index (χ2v) is 5.76. The zero-order valence-electron chi connectivity index (χ0n) is 10.7. The Kier molecular flexibility index (Phi) is 3.96. The van der Waals surface area contributed by atoms with Gasteiger partial charge in [0.15, 0.2) is 0 Å². The summed E-state index contributed by atoms with van der Waals surface area (Å²) in [6.07, 6.45) is 4.24. The van der Waals surface area contributed by atoms with E-state index < -0.39 is 11.4 Å². The minimum absolute atomic E-state index is 0.366. The van der Waals surface area contributed by atoms with Crippen LogP contribution in [0.2, 0.25) is 5.02 Å². The van der Waals surface area contributed by atoms with E-state index in [9.17, 15) is 9.90 Å². The zero-order chi connectivity index (χ0) is 13.2. The summed E-state index contributed by atoms with van der Waals surface area (Å²) >= 11 is 5.88. The van der Waals surface area contributed by atoms with Crippen LogP contribution in [0.1, 0.15) is 50.5 Å². The third-order valence-electron chi connectivity index (χ3n) is 4.13. The number of aliphatic carboxylic acids is 1. The molecular weight excluding hydrogens is 248 g/mol. The standard InChI is InChI=1S/C15H19ClO2/c1-2-8-15(14(17)18)9-7-12(10-15)11-3-5-13(16)6-4-11/h3-6,12H,2,7-10H2,1H3,(H,17,18). The first kappa shape index (κ1) is 13.4. The Morgan fingerprint density at radius 3 is 2.67 bits per heavy atom. The number of hydrogen-bond acceptors (Lipinski definition) is 1. The number of halogens is 1. The molecule has 0 spiro atoms. The summed E-state index contributed by atoms with van der Waals surface area (Å²) in [5.41, 5.74) is 0.720. The van der Waals surface area contributed by atoms with Gasteiger partial charge in [-0.1, -0.05) is 37.1 Å². The van der Waals surface area contributed by atoms with Crippen LogP contribution in [-0.4, -0.2) is 11.1 Å². The quantitative estimate of drug-likeness (QED) is 0.872. The van der Waals surface area contributed by atoms with Crippen LogP contribution in [-0.2, 0) is 4.79 Å². The Bertz CT molecular complexity index is 427. The molecule has 0 amide bonds. The number of hydrogen-bond donors (Lipinski definition) is 1. The van der Waals surface area contributed by atoms with Gasteiger partial charge < -0.3 is 5.11 Å². The molecule has 0 saturated heterocycles. The number of benzene rings is 1. The van der Waals surface area contributed by atoms with Crippen LogP contribution in [0.4, 0.5) is 0 Å². The van der Waals surface area contributed by atoms with Crippen molar-refractivity contribution in [1.82, 2.24) is 0 Å². The highest BCUT2D eigenvalue weighted by atomic mass is 35.5. The van der Waals surface area contributed by atoms with Gasteiger partial charge in [0.25, 0.3) is 0 Å². The maximum atomic E-state index is 11.5. The Morgan fingerprint density at radius 2 is 2.11 bits per heavy atom. The highest BCUT2D eigenvalue weighted by Crippen LogP contribution is 2.49. The van der Waals surface area contributed by atoms with Crippen molar-refractivity contribution < 1.29 is 9.90 Å². The first-order valence-electron chi connectivity index (χ1n) is 6.56. The summed E-state index contributed by atoms with van der Waals surface area (Å²) in [5.74, 6) is -0.259. The molecule has 3 heteroatoms. The van der Waals surface area contributed by atoms with E-state index in [1.807, 2.05) is 24.3 Å². The van der Waals surface area contributed by atoms with Gasteiger partial charge in [0.1, 0.15) is 0 Å². The highest BCUT2D eigenvalue weighted by molar-refractivity contribution is 6.30. The fraction of sp³-hybridized carbons (Fsp3) is 0.533. The molecule has 0 aromatic heterocycles. The third-order valence-corrected chi connectivity index (χ3v) is 4.38. The first-order chi connectivity index (χ1) is 8.57. The van der Waals surface area contributed by atoms with E-state index in [0.29, 0.717) is 5.92 Å². The molecule has 1 aliphatic carbocycles. The van der Waals surface area contributed by atoms with Crippen molar-refractivity contribution in [1.29, 1.82) is 0 Å². The molecule has 18 heavy (non-hydrogen) atoms. The van der Waals surface area contributed by atoms with Gasteiger partial charge in [-0.3, -0.25) is 4.79 Å². The molecule has 0 bridgehead atoms. The van der Waals surface area contributed by atoms with Gasteiger partial charge in [-0.15, -0.1) is 0 Å². The van der Waals surface area contributed by atoms with Gasteiger partial charge in [0.2, 0.25) is 0 Å². The molecule has 1 saturated carbocycles. The van der Waals surface area contributed by atoms with Gasteiger partial charge in [-0.05, 0) is 49.3 Å². The van der Waals surface area contributed by atoms with Crippen LogP contribution in [0.5, 0.6) is 0 Å². The molecule has 2 rings (SSSR count). The molecule has 98 valence electrons. The number of carboxylic acid groups (broad SMARTS) is 1. The molecule has 1 fully saturated rings. The molecule has 2 nitrogen and oxygen atoms in total. The van der Waals surface area contributed by atoms with Crippen molar-refractivity contribution >= 4 is 17.6 Å². The van der Waals surface area contributed by atoms with Crippen molar-refractivity contribution in [3.05, 3.63) is 34.9 Å². The average Bonchev–Trinajstić information content (AvgIpc) is 2.76. The minimum atomic E-state index is -0.624. The van der Waals surface area contributed by atoms with Crippen molar-refractivity contribution in [2.75, 3.05) is 0 Å². The third kappa shape index (κ3) is 2.54. The zero-order valence-corrected chi connectivity index (χ0v) is 11.4. The maximum absolute atomic E-state index is 11.5. The van der Waals surface area contributed by atoms with Gasteiger partial charge >= 0.3 is 5.97 Å². The fourth-order valence-corrected chi connectivity index (χ4v) is 3.28. The predicted molar refractivity (Wildman–Crippen MR) is 73.0 cm³/mol. The first-order valence-corrected chi connectivity index (χ1v) is 6.94. The lowest BCUT2D eigenvalue weighted by atomic mass is 9.80. The summed E-state index contributed by atoms with van der Waals surface area (Å²) in [5, 5.41) is 10.2. The minimum Gasteiger partial charge on any atom is -0.481 e. The van der Waals surface area contributed by atoms with E-state index in [1.54, 1.807) is 0 Å². The van der Waals surface area contributed by atoms with E-state index in [-0.39, 0.29) is 0 Å². The monoisotopic (exact) mass is 266 g/mol. The Morgan fingerprint density at radius 1 is 1.44 bits per heavy atom. The summed E-state index contributed by atoms with van der Waals surface area (Å²) in [7, 11) is 0. The highest BCUT2D eigenvalue weighted by Gasteiger charge is 2.44. The van der Waals surface area contributed by atoms with Crippen LogP contribution in [0.25, 0.3) is 0 Å². The lowest BCUT2D eigenvalue weighted by Crippen LogP contribution is -2.27. The SMILES string of the molecule is CCCC1(C(=O)O)CCC(c2ccc(Cl)cc2)C1. The van der Waals surface area contributed by atoms with Gasteiger partial charge in [0.05, 0.1) is 5.41 Å². The lowest BCUT2D eigenvalue weighted by Gasteiger charge is -2.23. The number of carbonyl (C=O) groups is 1. The molecule has 0 heterocycles. The van der Waals surface area contributed by atoms with E-state index in [0.717, 1.165) is 37.1 Å². The molecule has 1 aromatic carbocycles. The van der Waals surface area contributed by atoms with Crippen LogP contribution in [0.15, 0.2) is 24.3 Å². The molecule has 0 radical (unpaired) electrons. The van der Waals surface area contributed by atoms with Gasteiger partial charge in [0, 0.05) is 5.02 Å². The Balaban J connectivity index is 2.15. The smallest absolute Gasteiger partial charge is 0.309 e. The van der Waals surface area contributed by atoms with Crippen LogP contribution < -0.4 is 0 Å². The van der Waals surface area contributed by atoms with Gasteiger partial charge in [-0.2, -0.15) is 0 Å². The van der Waals surface area contributed by atoms with E-state index in [2.05, 4.69) is 6.92 Å². The lowest BCUT2D eigenvalue weighted by molar-refractivity contribution is -0.149. The second-order valence-electron chi connectivity index (χ2n) is 5.33. The number of carboxylic acids is 1. The molecule has 2 atom stereocenters. The molecule has 1 aliphatic rings. The van der Waals surface area contributed by atoms with E-state index in [1.165, 1.54) is 5.56 Å². The second kappa shape index (κ2) is 5.31. The molecule has 1 aromatic rings. The topological polar surface area (TPSA) is 37.3 Å².